The normalized spacial score (nSPS) is 12.1. The Bertz CT molecular complexity index is 585. The summed E-state index contributed by atoms with van der Waals surface area (Å²) >= 11 is 0. The van der Waals surface area contributed by atoms with Crippen molar-refractivity contribution in [2.45, 2.75) is 32.3 Å². The molecular weight excluding hydrogens is 264 g/mol. The Morgan fingerprint density at radius 2 is 1.52 bits per heavy atom. The van der Waals surface area contributed by atoms with Gasteiger partial charge in [0.2, 0.25) is 0 Å². The van der Waals surface area contributed by atoms with Gasteiger partial charge in [-0.25, -0.2) is 0 Å². The molecular formula is C18H20O3. The minimum atomic E-state index is -0.961. The van der Waals surface area contributed by atoms with Crippen LogP contribution in [0.15, 0.2) is 48.5 Å². The van der Waals surface area contributed by atoms with Crippen molar-refractivity contribution in [1.82, 2.24) is 0 Å². The van der Waals surface area contributed by atoms with Gasteiger partial charge in [-0.15, -0.1) is 0 Å². The van der Waals surface area contributed by atoms with Crippen LogP contribution in [0, 0.1) is 6.92 Å². The van der Waals surface area contributed by atoms with E-state index in [-0.39, 0.29) is 6.42 Å². The van der Waals surface area contributed by atoms with Crippen molar-refractivity contribution >= 4 is 5.97 Å². The molecule has 0 aromatic heterocycles. The molecule has 110 valence electrons. The zero-order chi connectivity index (χ0) is 15.2. The molecule has 3 heteroatoms. The van der Waals surface area contributed by atoms with Gasteiger partial charge in [0.05, 0.1) is 12.5 Å². The maximum Gasteiger partial charge on any atom is 0.305 e. The first-order chi connectivity index (χ1) is 10.0. The van der Waals surface area contributed by atoms with Crippen molar-refractivity contribution in [3.05, 3.63) is 59.7 Å². The number of benzene rings is 2. The van der Waals surface area contributed by atoms with Gasteiger partial charge in [0, 0.05) is 0 Å². The molecule has 0 bridgehead atoms. The first-order valence-corrected chi connectivity index (χ1v) is 7.10. The molecule has 0 saturated heterocycles. The highest BCUT2D eigenvalue weighted by Gasteiger charge is 2.09. The van der Waals surface area contributed by atoms with E-state index in [4.69, 9.17) is 5.11 Å². The van der Waals surface area contributed by atoms with E-state index in [9.17, 15) is 9.90 Å². The van der Waals surface area contributed by atoms with Crippen molar-refractivity contribution in [3.8, 4) is 11.1 Å². The van der Waals surface area contributed by atoms with Gasteiger partial charge in [-0.05, 0) is 36.5 Å². The van der Waals surface area contributed by atoms with E-state index < -0.39 is 12.1 Å². The number of hydrogen-bond acceptors (Lipinski definition) is 2. The molecule has 2 N–H and O–H groups in total. The summed E-state index contributed by atoms with van der Waals surface area (Å²) in [5.74, 6) is -0.961. The predicted molar refractivity (Wildman–Crippen MR) is 83.2 cm³/mol. The van der Waals surface area contributed by atoms with Crippen molar-refractivity contribution in [2.75, 3.05) is 0 Å². The molecule has 2 aromatic carbocycles. The molecule has 0 heterocycles. The maximum absolute atomic E-state index is 10.5. The van der Waals surface area contributed by atoms with Gasteiger partial charge in [-0.1, -0.05) is 54.1 Å². The number of aliphatic carboxylic acids is 1. The first kappa shape index (κ1) is 15.3. The third-order valence-corrected chi connectivity index (χ3v) is 3.52. The Hall–Kier alpha value is -2.13. The van der Waals surface area contributed by atoms with E-state index in [1.165, 1.54) is 11.1 Å². The van der Waals surface area contributed by atoms with Gasteiger partial charge in [0.25, 0.3) is 0 Å². The summed E-state index contributed by atoms with van der Waals surface area (Å²) in [6.07, 6.45) is 0.180. The van der Waals surface area contributed by atoms with Gasteiger partial charge >= 0.3 is 5.97 Å². The van der Waals surface area contributed by atoms with Gasteiger partial charge in [0.15, 0.2) is 0 Å². The Balaban J connectivity index is 1.96. The molecule has 21 heavy (non-hydrogen) atoms. The molecule has 2 aromatic rings. The van der Waals surface area contributed by atoms with Crippen LogP contribution >= 0.6 is 0 Å². The van der Waals surface area contributed by atoms with Gasteiger partial charge < -0.3 is 10.2 Å². The topological polar surface area (TPSA) is 57.5 Å². The molecule has 0 aliphatic carbocycles. The number of carbonyl (C=O) groups is 1. The number of rotatable bonds is 6. The number of aliphatic hydroxyl groups excluding tert-OH is 1. The largest absolute Gasteiger partial charge is 0.481 e. The lowest BCUT2D eigenvalue weighted by molar-refractivity contribution is -0.139. The van der Waals surface area contributed by atoms with E-state index in [0.29, 0.717) is 12.8 Å². The van der Waals surface area contributed by atoms with Crippen molar-refractivity contribution in [1.29, 1.82) is 0 Å². The number of carboxylic acids is 1. The molecule has 1 unspecified atom stereocenters. The molecule has 0 radical (unpaired) electrons. The smallest absolute Gasteiger partial charge is 0.305 e. The minimum absolute atomic E-state index is 0.193. The Morgan fingerprint density at radius 3 is 2.05 bits per heavy atom. The summed E-state index contributed by atoms with van der Waals surface area (Å²) in [5.41, 5.74) is 4.68. The van der Waals surface area contributed by atoms with Crippen LogP contribution in [0.3, 0.4) is 0 Å². The lowest BCUT2D eigenvalue weighted by atomic mass is 10.00. The first-order valence-electron chi connectivity index (χ1n) is 7.10. The van der Waals surface area contributed by atoms with Crippen LogP contribution in [0.2, 0.25) is 0 Å². The second-order valence-electron chi connectivity index (χ2n) is 5.35. The quantitative estimate of drug-likeness (QED) is 0.854. The molecule has 1 atom stereocenters. The SMILES string of the molecule is Cc1ccc(-c2ccc(CCC(O)CC(=O)O)cc2)cc1. The lowest BCUT2D eigenvalue weighted by Crippen LogP contribution is -2.13. The van der Waals surface area contributed by atoms with Gasteiger partial charge in [-0.2, -0.15) is 0 Å². The summed E-state index contributed by atoms with van der Waals surface area (Å²) in [6, 6.07) is 16.6. The highest BCUT2D eigenvalue weighted by molar-refractivity contribution is 5.67. The van der Waals surface area contributed by atoms with Gasteiger partial charge in [-0.3, -0.25) is 4.79 Å². The molecule has 0 aliphatic heterocycles. The molecule has 0 spiro atoms. The fraction of sp³-hybridized carbons (Fsp3) is 0.278. The van der Waals surface area contributed by atoms with Crippen molar-refractivity contribution in [3.63, 3.8) is 0 Å². The van der Waals surface area contributed by atoms with E-state index in [0.717, 1.165) is 11.1 Å². The van der Waals surface area contributed by atoms with Crippen LogP contribution in [0.1, 0.15) is 24.0 Å². The van der Waals surface area contributed by atoms with Crippen LogP contribution in [0.5, 0.6) is 0 Å². The van der Waals surface area contributed by atoms with E-state index in [2.05, 4.69) is 43.3 Å². The Kier molecular flexibility index (Phi) is 5.12. The predicted octanol–water partition coefficient (Wildman–Crippen LogP) is 3.43. The summed E-state index contributed by atoms with van der Waals surface area (Å²) in [7, 11) is 0. The third kappa shape index (κ3) is 4.72. The van der Waals surface area contributed by atoms with Crippen LogP contribution in [0.25, 0.3) is 11.1 Å². The summed E-state index contributed by atoms with van der Waals surface area (Å²) < 4.78 is 0. The fourth-order valence-electron chi connectivity index (χ4n) is 2.25. The lowest BCUT2D eigenvalue weighted by Gasteiger charge is -2.08. The Labute approximate surface area is 124 Å². The van der Waals surface area contributed by atoms with E-state index in [1.807, 2.05) is 12.1 Å². The number of aliphatic hydroxyl groups is 1. The standard InChI is InChI=1S/C18H20O3/c1-13-2-7-15(8-3-13)16-9-4-14(5-10-16)6-11-17(19)12-18(20)21/h2-5,7-10,17,19H,6,11-12H2,1H3,(H,20,21). The molecule has 2 rings (SSSR count). The average Bonchev–Trinajstić information content (AvgIpc) is 2.46. The fourth-order valence-corrected chi connectivity index (χ4v) is 2.25. The van der Waals surface area contributed by atoms with E-state index in [1.54, 1.807) is 0 Å². The minimum Gasteiger partial charge on any atom is -0.481 e. The van der Waals surface area contributed by atoms with E-state index >= 15 is 0 Å². The molecule has 0 saturated carbocycles. The zero-order valence-electron chi connectivity index (χ0n) is 12.1. The molecule has 0 amide bonds. The highest BCUT2D eigenvalue weighted by atomic mass is 16.4. The zero-order valence-corrected chi connectivity index (χ0v) is 12.1. The maximum atomic E-state index is 10.5. The number of carboxylic acid groups (broad SMARTS) is 1. The Morgan fingerprint density at radius 1 is 1.00 bits per heavy atom. The molecule has 0 fully saturated rings. The monoisotopic (exact) mass is 284 g/mol. The van der Waals surface area contributed by atoms with Crippen molar-refractivity contribution in [2.24, 2.45) is 0 Å². The number of aryl methyl sites for hydroxylation is 2. The molecule has 3 nitrogen and oxygen atoms in total. The van der Waals surface area contributed by atoms with Crippen LogP contribution < -0.4 is 0 Å². The second kappa shape index (κ2) is 7.04. The summed E-state index contributed by atoms with van der Waals surface area (Å²) in [5, 5.41) is 18.2. The van der Waals surface area contributed by atoms with Crippen molar-refractivity contribution < 1.29 is 15.0 Å². The number of hydrogen-bond donors (Lipinski definition) is 2. The average molecular weight is 284 g/mol. The summed E-state index contributed by atoms with van der Waals surface area (Å²) in [4.78, 5) is 10.5. The second-order valence-corrected chi connectivity index (χ2v) is 5.35. The highest BCUT2D eigenvalue weighted by Crippen LogP contribution is 2.21. The van der Waals surface area contributed by atoms with Crippen LogP contribution in [-0.4, -0.2) is 22.3 Å². The third-order valence-electron chi connectivity index (χ3n) is 3.52. The van der Waals surface area contributed by atoms with Crippen LogP contribution in [0.4, 0.5) is 0 Å². The van der Waals surface area contributed by atoms with Gasteiger partial charge in [0.1, 0.15) is 0 Å². The van der Waals surface area contributed by atoms with Crippen LogP contribution in [-0.2, 0) is 11.2 Å². The molecule has 0 aliphatic rings. The summed E-state index contributed by atoms with van der Waals surface area (Å²) in [6.45, 7) is 2.06.